The summed E-state index contributed by atoms with van der Waals surface area (Å²) in [5.41, 5.74) is 1.69. The van der Waals surface area contributed by atoms with Crippen molar-refractivity contribution < 1.29 is 28.6 Å². The number of ether oxygens (including phenoxy) is 2. The second-order valence-corrected chi connectivity index (χ2v) is 7.09. The van der Waals surface area contributed by atoms with Crippen molar-refractivity contribution >= 4 is 23.2 Å². The minimum absolute atomic E-state index is 0.146. The third-order valence-corrected chi connectivity index (χ3v) is 5.00. The lowest BCUT2D eigenvalue weighted by atomic mass is 10.2. The van der Waals surface area contributed by atoms with E-state index in [1.165, 1.54) is 0 Å². The van der Waals surface area contributed by atoms with Crippen molar-refractivity contribution in [1.82, 2.24) is 10.6 Å². The van der Waals surface area contributed by atoms with E-state index in [4.69, 9.17) is 13.9 Å². The van der Waals surface area contributed by atoms with E-state index in [0.717, 1.165) is 11.1 Å². The van der Waals surface area contributed by atoms with Gasteiger partial charge in [0, 0.05) is 17.5 Å². The van der Waals surface area contributed by atoms with Crippen LogP contribution in [0.3, 0.4) is 0 Å². The summed E-state index contributed by atoms with van der Waals surface area (Å²) in [5, 5.41) is 19.0. The summed E-state index contributed by atoms with van der Waals surface area (Å²) in [4.78, 5) is 23.9. The van der Waals surface area contributed by atoms with Gasteiger partial charge in [-0.2, -0.15) is 11.3 Å². The minimum atomic E-state index is -1.06. The number of thiophene rings is 1. The number of benzene rings is 1. The van der Waals surface area contributed by atoms with E-state index in [1.807, 2.05) is 16.8 Å². The fraction of sp³-hybridized carbons (Fsp3) is 0.200. The number of furan rings is 1. The molecule has 2 aromatic heterocycles. The molecule has 0 unspecified atom stereocenters. The number of aliphatic hydroxyl groups is 1. The zero-order valence-electron chi connectivity index (χ0n) is 15.2. The molecule has 0 radical (unpaired) electrons. The summed E-state index contributed by atoms with van der Waals surface area (Å²) in [7, 11) is 0. The molecule has 1 aliphatic rings. The van der Waals surface area contributed by atoms with E-state index >= 15 is 0 Å². The van der Waals surface area contributed by atoms with Crippen LogP contribution in [-0.2, 0) is 16.1 Å². The van der Waals surface area contributed by atoms with Crippen LogP contribution in [0.2, 0.25) is 0 Å². The molecular weight excluding hydrogens is 396 g/mol. The summed E-state index contributed by atoms with van der Waals surface area (Å²) < 4.78 is 16.1. The molecule has 29 heavy (non-hydrogen) atoms. The van der Waals surface area contributed by atoms with Crippen LogP contribution in [0, 0.1) is 0 Å². The maximum atomic E-state index is 12.0. The number of carbonyl (C=O) groups excluding carboxylic acids is 2. The van der Waals surface area contributed by atoms with Crippen molar-refractivity contribution in [3.8, 4) is 22.8 Å². The van der Waals surface area contributed by atoms with Crippen LogP contribution in [0.1, 0.15) is 17.4 Å². The molecular formula is C20H18N2O6S. The van der Waals surface area contributed by atoms with Gasteiger partial charge in [-0.05, 0) is 41.3 Å². The molecule has 1 aliphatic heterocycles. The van der Waals surface area contributed by atoms with Crippen LogP contribution in [0.15, 0.2) is 51.6 Å². The van der Waals surface area contributed by atoms with Crippen LogP contribution in [-0.4, -0.2) is 30.3 Å². The van der Waals surface area contributed by atoms with E-state index in [1.54, 1.807) is 41.7 Å². The van der Waals surface area contributed by atoms with E-state index in [2.05, 4.69) is 10.6 Å². The van der Waals surface area contributed by atoms with Gasteiger partial charge in [-0.15, -0.1) is 0 Å². The second-order valence-electron chi connectivity index (χ2n) is 6.31. The Morgan fingerprint density at radius 3 is 2.72 bits per heavy atom. The van der Waals surface area contributed by atoms with Gasteiger partial charge in [-0.1, -0.05) is 6.07 Å². The van der Waals surface area contributed by atoms with Gasteiger partial charge in [-0.3, -0.25) is 9.59 Å². The van der Waals surface area contributed by atoms with Crippen LogP contribution in [0.25, 0.3) is 11.3 Å². The first kappa shape index (κ1) is 19.0. The Kier molecular flexibility index (Phi) is 5.50. The molecule has 0 saturated carbocycles. The number of amides is 2. The first-order valence-electron chi connectivity index (χ1n) is 8.85. The normalized spacial score (nSPS) is 13.1. The smallest absolute Gasteiger partial charge is 0.309 e. The number of fused-ring (bicyclic) bond motifs is 1. The highest BCUT2D eigenvalue weighted by atomic mass is 32.1. The average Bonchev–Trinajstić information content (AvgIpc) is 3.49. The molecule has 150 valence electrons. The molecule has 0 bridgehead atoms. The Morgan fingerprint density at radius 1 is 1.07 bits per heavy atom. The molecule has 0 fully saturated rings. The molecule has 3 heterocycles. The number of nitrogens with one attached hydrogen (secondary N) is 2. The van der Waals surface area contributed by atoms with Gasteiger partial charge >= 0.3 is 11.8 Å². The van der Waals surface area contributed by atoms with Gasteiger partial charge in [0.25, 0.3) is 0 Å². The van der Waals surface area contributed by atoms with Crippen molar-refractivity contribution in [2.24, 2.45) is 0 Å². The average molecular weight is 414 g/mol. The van der Waals surface area contributed by atoms with Crippen molar-refractivity contribution in [2.75, 3.05) is 13.3 Å². The van der Waals surface area contributed by atoms with Crippen LogP contribution >= 0.6 is 11.3 Å². The van der Waals surface area contributed by atoms with Gasteiger partial charge in [0.15, 0.2) is 11.5 Å². The number of hydrogen-bond acceptors (Lipinski definition) is 7. The first-order chi connectivity index (χ1) is 14.1. The molecule has 9 heteroatoms. The fourth-order valence-electron chi connectivity index (χ4n) is 2.78. The largest absolute Gasteiger partial charge is 0.458 e. The Balaban J connectivity index is 1.25. The fourth-order valence-corrected chi connectivity index (χ4v) is 3.42. The standard InChI is InChI=1S/C20H18N2O6S/c23-14(16-4-3-15(28-16)13-5-6-29-10-13)9-22-20(25)19(24)21-8-12-1-2-17-18(7-12)27-11-26-17/h1-7,10,14,23H,8-9,11H2,(H,21,24)(H,22,25)/t14-/m1/s1. The molecule has 0 aliphatic carbocycles. The predicted molar refractivity (Wildman–Crippen MR) is 104 cm³/mol. The molecule has 4 rings (SSSR count). The third kappa shape index (κ3) is 4.41. The highest BCUT2D eigenvalue weighted by molar-refractivity contribution is 7.08. The molecule has 8 nitrogen and oxygen atoms in total. The summed E-state index contributed by atoms with van der Waals surface area (Å²) in [5.74, 6) is 0.555. The maximum absolute atomic E-state index is 12.0. The predicted octanol–water partition coefficient (Wildman–Crippen LogP) is 2.20. The van der Waals surface area contributed by atoms with Crippen molar-refractivity contribution in [1.29, 1.82) is 0 Å². The summed E-state index contributed by atoms with van der Waals surface area (Å²) >= 11 is 1.54. The Hall–Kier alpha value is -3.30. The first-order valence-corrected chi connectivity index (χ1v) is 9.79. The van der Waals surface area contributed by atoms with Crippen LogP contribution in [0.4, 0.5) is 0 Å². The molecule has 1 aromatic carbocycles. The van der Waals surface area contributed by atoms with Gasteiger partial charge in [-0.25, -0.2) is 0 Å². The van der Waals surface area contributed by atoms with Crippen molar-refractivity contribution in [2.45, 2.75) is 12.6 Å². The van der Waals surface area contributed by atoms with E-state index in [9.17, 15) is 14.7 Å². The number of aliphatic hydroxyl groups excluding tert-OH is 1. The Labute approximate surface area is 170 Å². The summed E-state index contributed by atoms with van der Waals surface area (Å²) in [6, 6.07) is 10.6. The minimum Gasteiger partial charge on any atom is -0.458 e. The Morgan fingerprint density at radius 2 is 1.90 bits per heavy atom. The zero-order chi connectivity index (χ0) is 20.2. The molecule has 0 spiro atoms. The molecule has 3 aromatic rings. The Bertz CT molecular complexity index is 1010. The lowest BCUT2D eigenvalue weighted by Crippen LogP contribution is -2.41. The summed E-state index contributed by atoms with van der Waals surface area (Å²) in [6.07, 6.45) is -1.06. The highest BCUT2D eigenvalue weighted by Crippen LogP contribution is 2.32. The number of hydrogen-bond donors (Lipinski definition) is 3. The topological polar surface area (TPSA) is 110 Å². The SMILES string of the molecule is O=C(NCc1ccc2c(c1)OCO2)C(=O)NC[C@@H](O)c1ccc(-c2ccsc2)o1. The lowest BCUT2D eigenvalue weighted by molar-refractivity contribution is -0.139. The number of carbonyl (C=O) groups is 2. The highest BCUT2D eigenvalue weighted by Gasteiger charge is 2.19. The third-order valence-electron chi connectivity index (χ3n) is 4.31. The van der Waals surface area contributed by atoms with E-state index in [0.29, 0.717) is 23.0 Å². The van der Waals surface area contributed by atoms with E-state index < -0.39 is 17.9 Å². The zero-order valence-corrected chi connectivity index (χ0v) is 16.0. The van der Waals surface area contributed by atoms with Gasteiger partial charge in [0.2, 0.25) is 6.79 Å². The lowest BCUT2D eigenvalue weighted by Gasteiger charge is -2.10. The van der Waals surface area contributed by atoms with Gasteiger partial charge < -0.3 is 29.6 Å². The van der Waals surface area contributed by atoms with Crippen LogP contribution in [0.5, 0.6) is 11.5 Å². The van der Waals surface area contributed by atoms with E-state index in [-0.39, 0.29) is 19.9 Å². The molecule has 3 N–H and O–H groups in total. The number of rotatable bonds is 6. The molecule has 1 atom stereocenters. The van der Waals surface area contributed by atoms with Gasteiger partial charge in [0.05, 0.1) is 6.54 Å². The van der Waals surface area contributed by atoms with Gasteiger partial charge in [0.1, 0.15) is 17.6 Å². The second kappa shape index (κ2) is 8.38. The van der Waals surface area contributed by atoms with Crippen molar-refractivity contribution in [3.63, 3.8) is 0 Å². The quantitative estimate of drug-likeness (QED) is 0.534. The monoisotopic (exact) mass is 414 g/mol. The molecule has 0 saturated heterocycles. The summed E-state index contributed by atoms with van der Waals surface area (Å²) in [6.45, 7) is 0.181. The van der Waals surface area contributed by atoms with Crippen LogP contribution < -0.4 is 20.1 Å². The molecule has 2 amide bonds. The van der Waals surface area contributed by atoms with Crippen molar-refractivity contribution in [3.05, 3.63) is 58.5 Å². The maximum Gasteiger partial charge on any atom is 0.309 e.